The summed E-state index contributed by atoms with van der Waals surface area (Å²) in [7, 11) is 0. The van der Waals surface area contributed by atoms with E-state index in [1.54, 1.807) is 24.7 Å². The molecule has 2 N–H and O–H groups in total. The Balaban J connectivity index is 1.15. The minimum Gasteiger partial charge on any atom is -0.483 e. The summed E-state index contributed by atoms with van der Waals surface area (Å²) in [5.41, 5.74) is -0.0887. The third kappa shape index (κ3) is 6.49. The summed E-state index contributed by atoms with van der Waals surface area (Å²) in [6.45, 7) is 0.691. The second kappa shape index (κ2) is 11.2. The van der Waals surface area contributed by atoms with Gasteiger partial charge in [0.2, 0.25) is 5.88 Å². The summed E-state index contributed by atoms with van der Waals surface area (Å²) in [6, 6.07) is 7.61. The maximum absolute atomic E-state index is 13.2. The van der Waals surface area contributed by atoms with Gasteiger partial charge >= 0.3 is 12.2 Å². The number of nitrogens with one attached hydrogen (secondary N) is 2. The summed E-state index contributed by atoms with van der Waals surface area (Å²) in [4.78, 5) is 25.4. The summed E-state index contributed by atoms with van der Waals surface area (Å²) in [5, 5.41) is 5.38. The largest absolute Gasteiger partial charge is 0.483 e. The highest BCUT2D eigenvalue weighted by Gasteiger charge is 2.32. The molecule has 9 nitrogen and oxygen atoms in total. The van der Waals surface area contributed by atoms with E-state index < -0.39 is 17.8 Å². The lowest BCUT2D eigenvalue weighted by Gasteiger charge is -2.30. The average Bonchev–Trinajstić information content (AvgIpc) is 2.88. The Kier molecular flexibility index (Phi) is 7.59. The maximum atomic E-state index is 13.2. The fourth-order valence-corrected chi connectivity index (χ4v) is 4.26. The van der Waals surface area contributed by atoms with Crippen LogP contribution in [0.2, 0.25) is 0 Å². The van der Waals surface area contributed by atoms with Crippen molar-refractivity contribution < 1.29 is 32.2 Å². The van der Waals surface area contributed by atoms with Gasteiger partial charge in [0.1, 0.15) is 18.0 Å². The van der Waals surface area contributed by atoms with Crippen molar-refractivity contribution in [1.82, 2.24) is 20.3 Å². The first kappa shape index (κ1) is 25.7. The van der Waals surface area contributed by atoms with Gasteiger partial charge in [-0.3, -0.25) is 4.98 Å². The topological polar surface area (TPSA) is 107 Å². The highest BCUT2D eigenvalue weighted by atomic mass is 19.4. The van der Waals surface area contributed by atoms with E-state index in [1.165, 1.54) is 6.07 Å². The number of pyridine rings is 1. The van der Waals surface area contributed by atoms with Crippen LogP contribution in [-0.2, 0) is 10.9 Å². The molecule has 0 bridgehead atoms. The summed E-state index contributed by atoms with van der Waals surface area (Å²) in [6.07, 6.45) is 2.73. The molecule has 0 atom stereocenters. The molecule has 38 heavy (non-hydrogen) atoms. The molecule has 12 heteroatoms. The van der Waals surface area contributed by atoms with E-state index in [2.05, 4.69) is 25.6 Å². The number of alkyl halides is 3. The van der Waals surface area contributed by atoms with Gasteiger partial charge in [0.05, 0.1) is 24.5 Å². The molecule has 2 amide bonds. The number of amides is 2. The van der Waals surface area contributed by atoms with Crippen molar-refractivity contribution in [1.29, 1.82) is 0 Å². The van der Waals surface area contributed by atoms with Crippen LogP contribution in [0.1, 0.15) is 31.2 Å². The maximum Gasteiger partial charge on any atom is 0.416 e. The molecule has 1 aliphatic heterocycles. The number of ether oxygens (including phenoxy) is 3. The Morgan fingerprint density at radius 1 is 0.947 bits per heavy atom. The molecule has 1 aromatic carbocycles. The number of rotatable bonds is 7. The number of nitrogens with zero attached hydrogens (tertiary/aromatic N) is 3. The monoisotopic (exact) mass is 529 g/mol. The van der Waals surface area contributed by atoms with Crippen molar-refractivity contribution >= 4 is 11.7 Å². The predicted octanol–water partition coefficient (Wildman–Crippen LogP) is 4.85. The fourth-order valence-electron chi connectivity index (χ4n) is 4.26. The predicted molar refractivity (Wildman–Crippen MR) is 131 cm³/mol. The molecule has 0 unspecified atom stereocenters. The van der Waals surface area contributed by atoms with Gasteiger partial charge in [-0.05, 0) is 56.0 Å². The van der Waals surface area contributed by atoms with Crippen LogP contribution >= 0.6 is 0 Å². The van der Waals surface area contributed by atoms with E-state index in [-0.39, 0.29) is 29.7 Å². The lowest BCUT2D eigenvalue weighted by molar-refractivity contribution is -0.137. The molecular weight excluding hydrogens is 503 g/mol. The van der Waals surface area contributed by atoms with Gasteiger partial charge in [-0.25, -0.2) is 9.78 Å². The van der Waals surface area contributed by atoms with Crippen LogP contribution in [0.25, 0.3) is 11.4 Å². The van der Waals surface area contributed by atoms with Gasteiger partial charge in [-0.2, -0.15) is 18.2 Å². The molecule has 3 aromatic rings. The summed E-state index contributed by atoms with van der Waals surface area (Å²) >= 11 is 0. The van der Waals surface area contributed by atoms with Gasteiger partial charge in [0.15, 0.2) is 5.82 Å². The molecule has 1 aliphatic carbocycles. The van der Waals surface area contributed by atoms with Crippen LogP contribution in [0, 0.1) is 0 Å². The second-order valence-corrected chi connectivity index (χ2v) is 9.13. The molecule has 2 fully saturated rings. The zero-order valence-electron chi connectivity index (χ0n) is 20.3. The quantitative estimate of drug-likeness (QED) is 0.451. The summed E-state index contributed by atoms with van der Waals surface area (Å²) in [5.74, 6) is 1.17. The zero-order valence-corrected chi connectivity index (χ0v) is 20.3. The Morgan fingerprint density at radius 3 is 2.39 bits per heavy atom. The number of carbonyl (C=O) groups excluding carboxylic acids is 1. The molecule has 0 radical (unpaired) electrons. The first-order valence-electron chi connectivity index (χ1n) is 12.3. The molecule has 1 saturated carbocycles. The van der Waals surface area contributed by atoms with Crippen LogP contribution in [-0.4, -0.2) is 52.4 Å². The number of aromatic nitrogens is 3. The number of carbonyl (C=O) groups is 1. The Morgan fingerprint density at radius 2 is 1.71 bits per heavy atom. The lowest BCUT2D eigenvalue weighted by Crippen LogP contribution is -2.42. The molecule has 1 saturated heterocycles. The zero-order chi connectivity index (χ0) is 26.5. The number of hydrogen-bond donors (Lipinski definition) is 2. The Hall–Kier alpha value is -3.93. The SMILES string of the molecule is O=C(Nc1cc(C(F)(F)F)ccc1OC1COC1)N[C@H]1CC[C@H](Oc2ccnc(-c3ccncc3)n2)CC1. The first-order chi connectivity index (χ1) is 18.3. The number of benzene rings is 1. The molecule has 5 rings (SSSR count). The lowest BCUT2D eigenvalue weighted by atomic mass is 9.93. The minimum absolute atomic E-state index is 0.0463. The van der Waals surface area contributed by atoms with E-state index in [1.807, 2.05) is 12.1 Å². The smallest absolute Gasteiger partial charge is 0.416 e. The molecular formula is C26H26F3N5O4. The van der Waals surface area contributed by atoms with Crippen molar-refractivity contribution in [2.45, 2.75) is 50.1 Å². The van der Waals surface area contributed by atoms with Gasteiger partial charge < -0.3 is 24.8 Å². The highest BCUT2D eigenvalue weighted by Crippen LogP contribution is 2.36. The van der Waals surface area contributed by atoms with Crippen molar-refractivity contribution in [3.8, 4) is 23.0 Å². The Labute approximate surface area is 216 Å². The van der Waals surface area contributed by atoms with Gasteiger partial charge in [-0.1, -0.05) is 0 Å². The molecule has 2 aromatic heterocycles. The third-order valence-corrected chi connectivity index (χ3v) is 6.32. The average molecular weight is 530 g/mol. The van der Waals surface area contributed by atoms with Crippen LogP contribution in [0.15, 0.2) is 55.0 Å². The van der Waals surface area contributed by atoms with E-state index in [9.17, 15) is 18.0 Å². The third-order valence-electron chi connectivity index (χ3n) is 6.32. The van der Waals surface area contributed by atoms with Crippen molar-refractivity contribution in [2.75, 3.05) is 18.5 Å². The normalized spacial score (nSPS) is 19.8. The van der Waals surface area contributed by atoms with Crippen molar-refractivity contribution in [3.63, 3.8) is 0 Å². The standard InChI is InChI=1S/C26H26F3N5O4/c27-26(28,29)17-1-6-22(37-20-14-36-15-20)21(13-17)33-25(35)32-18-2-4-19(5-3-18)38-23-9-12-31-24(34-23)16-7-10-30-11-8-16/h1,6-13,18-20H,2-5,14-15H2,(H2,32,33,35)/t18-,19-. The van der Waals surface area contributed by atoms with Crippen LogP contribution < -0.4 is 20.1 Å². The number of urea groups is 1. The minimum atomic E-state index is -4.55. The number of hydrogen-bond acceptors (Lipinski definition) is 7. The number of anilines is 1. The number of halogens is 3. The van der Waals surface area contributed by atoms with Crippen LogP contribution in [0.3, 0.4) is 0 Å². The van der Waals surface area contributed by atoms with Crippen LogP contribution in [0.5, 0.6) is 11.6 Å². The first-order valence-corrected chi connectivity index (χ1v) is 12.3. The molecule has 2 aliphatic rings. The van der Waals surface area contributed by atoms with Crippen molar-refractivity contribution in [2.24, 2.45) is 0 Å². The van der Waals surface area contributed by atoms with E-state index >= 15 is 0 Å². The fraction of sp³-hybridized carbons (Fsp3) is 0.385. The highest BCUT2D eigenvalue weighted by molar-refractivity contribution is 5.91. The van der Waals surface area contributed by atoms with Crippen molar-refractivity contribution in [3.05, 3.63) is 60.6 Å². The van der Waals surface area contributed by atoms with Gasteiger partial charge in [0, 0.05) is 36.3 Å². The Bertz CT molecular complexity index is 1250. The van der Waals surface area contributed by atoms with Gasteiger partial charge in [0.25, 0.3) is 0 Å². The van der Waals surface area contributed by atoms with E-state index in [4.69, 9.17) is 14.2 Å². The molecule has 0 spiro atoms. The van der Waals surface area contributed by atoms with Gasteiger partial charge in [-0.15, -0.1) is 0 Å². The van der Waals surface area contributed by atoms with E-state index in [0.717, 1.165) is 17.7 Å². The molecule has 200 valence electrons. The van der Waals surface area contributed by atoms with E-state index in [0.29, 0.717) is 50.6 Å². The van der Waals surface area contributed by atoms with Crippen LogP contribution in [0.4, 0.5) is 23.7 Å². The summed E-state index contributed by atoms with van der Waals surface area (Å²) < 4.78 is 56.5. The molecule has 3 heterocycles. The second-order valence-electron chi connectivity index (χ2n) is 9.13.